The minimum atomic E-state index is -0.0455. The minimum Gasteiger partial charge on any atom is -0.497 e. The maximum atomic E-state index is 11.7. The smallest absolute Gasteiger partial charge is 0.179 e. The number of methoxy groups -OCH3 is 1. The number of hydrogen-bond acceptors (Lipinski definition) is 3. The predicted octanol–water partition coefficient (Wildman–Crippen LogP) is 3.59. The average molecular weight is 340 g/mol. The topological polar surface area (TPSA) is 59.9 Å². The Hall–Kier alpha value is -2.79. The van der Waals surface area contributed by atoms with E-state index in [4.69, 9.17) is 16.3 Å². The van der Waals surface area contributed by atoms with Crippen LogP contribution in [0.4, 0.5) is 0 Å². The van der Waals surface area contributed by atoms with Crippen LogP contribution in [0, 0.1) is 0 Å². The summed E-state index contributed by atoms with van der Waals surface area (Å²) in [6.07, 6.45) is 1.95. The molecule has 0 radical (unpaired) electrons. The molecule has 0 aliphatic carbocycles. The Morgan fingerprint density at radius 2 is 1.96 bits per heavy atom. The second-order valence-corrected chi connectivity index (χ2v) is 5.95. The average Bonchev–Trinajstić information content (AvgIpc) is 3.01. The number of halogens is 1. The Balaban J connectivity index is 1.82. The molecule has 120 valence electrons. The number of benzene rings is 2. The summed E-state index contributed by atoms with van der Waals surface area (Å²) in [7, 11) is 1.64. The van der Waals surface area contributed by atoms with Crippen molar-refractivity contribution in [2.75, 3.05) is 7.11 Å². The maximum Gasteiger partial charge on any atom is 0.179 e. The van der Waals surface area contributed by atoms with Crippen LogP contribution in [0.3, 0.4) is 0 Å². The number of hydrogen-bond donors (Lipinski definition) is 1. The van der Waals surface area contributed by atoms with Crippen molar-refractivity contribution in [3.8, 4) is 5.75 Å². The van der Waals surface area contributed by atoms with Crippen LogP contribution in [0.25, 0.3) is 21.8 Å². The molecule has 2 heterocycles. The number of aromatic amines is 1. The number of fused-ring (bicyclic) bond motifs is 3. The highest BCUT2D eigenvalue weighted by Crippen LogP contribution is 2.27. The largest absolute Gasteiger partial charge is 0.497 e. The van der Waals surface area contributed by atoms with Gasteiger partial charge < -0.3 is 4.74 Å². The van der Waals surface area contributed by atoms with Gasteiger partial charge in [-0.05, 0) is 35.9 Å². The molecule has 4 aromatic rings. The van der Waals surface area contributed by atoms with Crippen molar-refractivity contribution in [1.29, 1.82) is 0 Å². The van der Waals surface area contributed by atoms with Crippen LogP contribution in [0.15, 0.2) is 53.5 Å². The third-order valence-electron chi connectivity index (χ3n) is 4.00. The summed E-state index contributed by atoms with van der Waals surface area (Å²) in [4.78, 5) is 16.0. The Kier molecular flexibility index (Phi) is 3.50. The maximum absolute atomic E-state index is 11.7. The minimum absolute atomic E-state index is 0.0455. The van der Waals surface area contributed by atoms with Gasteiger partial charge in [0.15, 0.2) is 10.6 Å². The molecule has 2 aromatic carbocycles. The van der Waals surface area contributed by atoms with Crippen molar-refractivity contribution in [3.05, 3.63) is 69.6 Å². The van der Waals surface area contributed by atoms with Gasteiger partial charge in [-0.3, -0.25) is 14.6 Å². The van der Waals surface area contributed by atoms with E-state index in [-0.39, 0.29) is 5.43 Å². The summed E-state index contributed by atoms with van der Waals surface area (Å²) in [5.41, 5.74) is 2.51. The fourth-order valence-electron chi connectivity index (χ4n) is 2.82. The van der Waals surface area contributed by atoms with Gasteiger partial charge in [0.25, 0.3) is 0 Å². The molecule has 0 aliphatic rings. The lowest BCUT2D eigenvalue weighted by atomic mass is 10.1. The number of nitrogens with zero attached hydrogens (tertiary/aromatic N) is 2. The third kappa shape index (κ3) is 2.53. The van der Waals surface area contributed by atoms with Crippen LogP contribution in [0.1, 0.15) is 5.56 Å². The van der Waals surface area contributed by atoms with E-state index in [1.165, 1.54) is 6.07 Å². The van der Waals surface area contributed by atoms with E-state index in [2.05, 4.69) is 10.1 Å². The highest BCUT2D eigenvalue weighted by molar-refractivity contribution is 6.35. The lowest BCUT2D eigenvalue weighted by Crippen LogP contribution is -1.99. The van der Waals surface area contributed by atoms with E-state index in [0.717, 1.165) is 27.6 Å². The molecule has 0 spiro atoms. The Morgan fingerprint density at radius 3 is 2.71 bits per heavy atom. The molecule has 5 nitrogen and oxygen atoms in total. The molecule has 6 heteroatoms. The molecule has 0 saturated carbocycles. The van der Waals surface area contributed by atoms with E-state index in [1.807, 2.05) is 35.1 Å². The van der Waals surface area contributed by atoms with Gasteiger partial charge >= 0.3 is 0 Å². The third-order valence-corrected chi connectivity index (χ3v) is 4.28. The highest BCUT2D eigenvalue weighted by Gasteiger charge is 2.10. The summed E-state index contributed by atoms with van der Waals surface area (Å²) in [5, 5.41) is 5.32. The lowest BCUT2D eigenvalue weighted by Gasteiger charge is -2.04. The van der Waals surface area contributed by atoms with Crippen LogP contribution >= 0.6 is 11.6 Å². The Morgan fingerprint density at radius 1 is 1.17 bits per heavy atom. The van der Waals surface area contributed by atoms with Crippen molar-refractivity contribution in [2.45, 2.75) is 6.54 Å². The molecular weight excluding hydrogens is 326 g/mol. The summed E-state index contributed by atoms with van der Waals surface area (Å²) < 4.78 is 7.10. The van der Waals surface area contributed by atoms with E-state index in [1.54, 1.807) is 19.2 Å². The number of pyridine rings is 1. The molecule has 0 saturated heterocycles. The van der Waals surface area contributed by atoms with Crippen LogP contribution in [-0.4, -0.2) is 21.9 Å². The first-order chi connectivity index (χ1) is 11.6. The van der Waals surface area contributed by atoms with Crippen molar-refractivity contribution in [3.63, 3.8) is 0 Å². The van der Waals surface area contributed by atoms with Gasteiger partial charge in [0, 0.05) is 17.0 Å². The summed E-state index contributed by atoms with van der Waals surface area (Å²) in [6.45, 7) is 0.646. The molecule has 2 aromatic heterocycles. The van der Waals surface area contributed by atoms with Gasteiger partial charge in [-0.25, -0.2) is 4.98 Å². The van der Waals surface area contributed by atoms with Crippen LogP contribution in [0.2, 0.25) is 5.15 Å². The van der Waals surface area contributed by atoms with Crippen molar-refractivity contribution < 1.29 is 4.74 Å². The first-order valence-corrected chi connectivity index (χ1v) is 7.83. The van der Waals surface area contributed by atoms with Gasteiger partial charge in [0.05, 0.1) is 19.2 Å². The van der Waals surface area contributed by atoms with Crippen molar-refractivity contribution in [1.82, 2.24) is 14.8 Å². The van der Waals surface area contributed by atoms with Crippen molar-refractivity contribution in [2.24, 2.45) is 0 Å². The summed E-state index contributed by atoms with van der Waals surface area (Å²) in [6, 6.07) is 12.6. The molecule has 0 unspecified atom stereocenters. The zero-order valence-electron chi connectivity index (χ0n) is 12.9. The quantitative estimate of drug-likeness (QED) is 0.580. The zero-order chi connectivity index (χ0) is 16.7. The molecular formula is C18H14ClN3O2. The Bertz CT molecular complexity index is 1100. The molecule has 0 aliphatic heterocycles. The normalized spacial score (nSPS) is 11.2. The molecule has 4 rings (SSSR count). The van der Waals surface area contributed by atoms with Crippen LogP contribution in [0.5, 0.6) is 5.75 Å². The lowest BCUT2D eigenvalue weighted by molar-refractivity contribution is 0.414. The zero-order valence-corrected chi connectivity index (χ0v) is 13.7. The van der Waals surface area contributed by atoms with Crippen molar-refractivity contribution >= 4 is 33.4 Å². The number of ether oxygens (including phenoxy) is 1. The summed E-state index contributed by atoms with van der Waals surface area (Å²) in [5.74, 6) is 0.821. The van der Waals surface area contributed by atoms with Crippen LogP contribution < -0.4 is 10.2 Å². The van der Waals surface area contributed by atoms with Gasteiger partial charge in [-0.2, -0.15) is 0 Å². The fourth-order valence-corrected chi connectivity index (χ4v) is 3.06. The number of aromatic nitrogens is 3. The van der Waals surface area contributed by atoms with E-state index >= 15 is 0 Å². The molecule has 0 atom stereocenters. The molecule has 0 fully saturated rings. The van der Waals surface area contributed by atoms with Gasteiger partial charge in [-0.15, -0.1) is 0 Å². The fraction of sp³-hybridized carbons (Fsp3) is 0.111. The Labute approximate surface area is 142 Å². The van der Waals surface area contributed by atoms with Gasteiger partial charge in [0.2, 0.25) is 0 Å². The number of rotatable bonds is 3. The SMILES string of the molecule is COc1ccc(Cn2cc3c([nH]2)c(Cl)nc2ccc(=O)cc23)cc1. The number of H-pyrrole nitrogens is 1. The molecule has 1 N–H and O–H groups in total. The monoisotopic (exact) mass is 339 g/mol. The van der Waals surface area contributed by atoms with E-state index in [0.29, 0.717) is 17.2 Å². The molecule has 0 amide bonds. The molecule has 24 heavy (non-hydrogen) atoms. The second-order valence-electron chi connectivity index (χ2n) is 5.59. The van der Waals surface area contributed by atoms with E-state index < -0.39 is 0 Å². The standard InChI is InChI=1S/C18H14ClN3O2/c1-24-13-5-2-11(3-6-13)9-22-10-15-14-8-12(23)4-7-16(14)20-18(19)17(15)21-22/h2-8,10,21H,9H2,1H3. The van der Waals surface area contributed by atoms with Gasteiger partial charge in [0.1, 0.15) is 11.3 Å². The summed E-state index contributed by atoms with van der Waals surface area (Å²) >= 11 is 6.28. The highest BCUT2D eigenvalue weighted by atomic mass is 35.5. The molecule has 0 bridgehead atoms. The predicted molar refractivity (Wildman–Crippen MR) is 95.0 cm³/mol. The van der Waals surface area contributed by atoms with Gasteiger partial charge in [-0.1, -0.05) is 23.7 Å². The van der Waals surface area contributed by atoms with Crippen LogP contribution in [-0.2, 0) is 6.54 Å². The first kappa shape index (κ1) is 14.8. The van der Waals surface area contributed by atoms with E-state index in [9.17, 15) is 4.79 Å². The first-order valence-electron chi connectivity index (χ1n) is 7.45. The number of nitrogens with one attached hydrogen (secondary N) is 1. The second kappa shape index (κ2) is 5.69.